The number of hydrogen-bond acceptors (Lipinski definition) is 3. The molecule has 0 spiro atoms. The van der Waals surface area contributed by atoms with E-state index in [9.17, 15) is 4.39 Å². The third-order valence-corrected chi connectivity index (χ3v) is 5.82. The highest BCUT2D eigenvalue weighted by molar-refractivity contribution is 6.30. The van der Waals surface area contributed by atoms with E-state index in [0.717, 1.165) is 35.9 Å². The van der Waals surface area contributed by atoms with Gasteiger partial charge in [0, 0.05) is 43.0 Å². The molecule has 2 N–H and O–H groups in total. The Labute approximate surface area is 176 Å². The Balaban J connectivity index is 1.52. The molecule has 0 aromatic heterocycles. The molecular weight excluding hydrogens is 385 g/mol. The minimum absolute atomic E-state index is 0.170. The average molecular weight is 410 g/mol. The van der Waals surface area contributed by atoms with Crippen LogP contribution >= 0.6 is 11.6 Å². The van der Waals surface area contributed by atoms with E-state index < -0.39 is 0 Å². The van der Waals surface area contributed by atoms with Crippen LogP contribution in [0.25, 0.3) is 0 Å². The molecule has 1 heterocycles. The minimum Gasteiger partial charge on any atom is -0.369 e. The monoisotopic (exact) mass is 409 g/mol. The molecule has 0 amide bonds. The van der Waals surface area contributed by atoms with Gasteiger partial charge in [-0.15, -0.1) is 0 Å². The summed E-state index contributed by atoms with van der Waals surface area (Å²) in [5.74, 6) is -0.179. The van der Waals surface area contributed by atoms with Crippen LogP contribution in [0.4, 0.5) is 10.1 Å². The first-order chi connectivity index (χ1) is 14.1. The number of benzene rings is 3. The van der Waals surface area contributed by atoms with E-state index >= 15 is 0 Å². The minimum atomic E-state index is -0.179. The van der Waals surface area contributed by atoms with Gasteiger partial charge in [-0.05, 0) is 35.4 Å². The number of para-hydroxylation sites is 1. The van der Waals surface area contributed by atoms with Gasteiger partial charge in [0.05, 0.1) is 12.1 Å². The summed E-state index contributed by atoms with van der Waals surface area (Å²) in [5.41, 5.74) is 4.11. The van der Waals surface area contributed by atoms with Crippen LogP contribution in [0.3, 0.4) is 0 Å². The molecule has 2 unspecified atom stereocenters. The number of rotatable bonds is 5. The summed E-state index contributed by atoms with van der Waals surface area (Å²) >= 11 is 5.97. The van der Waals surface area contributed by atoms with E-state index in [1.807, 2.05) is 48.5 Å². The van der Waals surface area contributed by atoms with Crippen LogP contribution in [0.15, 0.2) is 72.8 Å². The summed E-state index contributed by atoms with van der Waals surface area (Å²) in [6.45, 7) is 2.34. The lowest BCUT2D eigenvalue weighted by Crippen LogP contribution is -2.45. The standard InChI is InChI=1S/C24H25ClFN3/c1-29-19(15-27-14-17-10-12-18(25)13-11-17)16-28-24(20-6-2-4-8-22(20)26)21-7-3-5-9-23(21)29/h2-13,19,24,27-28H,14-16H2,1H3. The number of halogens is 2. The molecule has 0 fully saturated rings. The van der Waals surface area contributed by atoms with E-state index in [4.69, 9.17) is 11.6 Å². The molecule has 3 aromatic carbocycles. The molecule has 0 bridgehead atoms. The van der Waals surface area contributed by atoms with E-state index in [1.165, 1.54) is 11.6 Å². The van der Waals surface area contributed by atoms with Crippen molar-refractivity contribution < 1.29 is 4.39 Å². The van der Waals surface area contributed by atoms with Crippen LogP contribution in [-0.2, 0) is 6.54 Å². The molecule has 3 nitrogen and oxygen atoms in total. The number of hydrogen-bond donors (Lipinski definition) is 2. The normalized spacial score (nSPS) is 18.9. The van der Waals surface area contributed by atoms with Gasteiger partial charge in [-0.2, -0.15) is 0 Å². The number of nitrogens with zero attached hydrogens (tertiary/aromatic N) is 1. The van der Waals surface area contributed by atoms with Gasteiger partial charge < -0.3 is 15.5 Å². The molecule has 4 rings (SSSR count). The highest BCUT2D eigenvalue weighted by Gasteiger charge is 2.28. The Kier molecular flexibility index (Phi) is 6.14. The van der Waals surface area contributed by atoms with Crippen molar-refractivity contribution in [3.63, 3.8) is 0 Å². The smallest absolute Gasteiger partial charge is 0.128 e. The zero-order valence-electron chi connectivity index (χ0n) is 16.4. The van der Waals surface area contributed by atoms with Gasteiger partial charge in [0.15, 0.2) is 0 Å². The fourth-order valence-electron chi connectivity index (χ4n) is 3.93. The number of fused-ring (bicyclic) bond motifs is 1. The zero-order chi connectivity index (χ0) is 20.2. The van der Waals surface area contributed by atoms with Crippen molar-refractivity contribution in [2.24, 2.45) is 0 Å². The molecule has 5 heteroatoms. The Hall–Kier alpha value is -2.40. The highest BCUT2D eigenvalue weighted by Crippen LogP contribution is 2.34. The lowest BCUT2D eigenvalue weighted by Gasteiger charge is -2.29. The zero-order valence-corrected chi connectivity index (χ0v) is 17.2. The summed E-state index contributed by atoms with van der Waals surface area (Å²) in [6.07, 6.45) is 0. The van der Waals surface area contributed by atoms with Crippen molar-refractivity contribution in [3.8, 4) is 0 Å². The van der Waals surface area contributed by atoms with Gasteiger partial charge in [0.25, 0.3) is 0 Å². The van der Waals surface area contributed by atoms with Crippen molar-refractivity contribution in [2.75, 3.05) is 25.0 Å². The molecule has 1 aliphatic rings. The second kappa shape index (κ2) is 8.95. The predicted octanol–water partition coefficient (Wildman–Crippen LogP) is 4.77. The van der Waals surface area contributed by atoms with E-state index in [0.29, 0.717) is 5.56 Å². The summed E-state index contributed by atoms with van der Waals surface area (Å²) in [4.78, 5) is 2.29. The highest BCUT2D eigenvalue weighted by atomic mass is 35.5. The molecule has 3 aromatic rings. The number of nitrogens with one attached hydrogen (secondary N) is 2. The van der Waals surface area contributed by atoms with Crippen molar-refractivity contribution in [3.05, 3.63) is 100 Å². The average Bonchev–Trinajstić information content (AvgIpc) is 2.87. The van der Waals surface area contributed by atoms with Gasteiger partial charge in [0.1, 0.15) is 5.82 Å². The molecule has 0 saturated carbocycles. The van der Waals surface area contributed by atoms with Crippen molar-refractivity contribution in [2.45, 2.75) is 18.6 Å². The molecule has 150 valence electrons. The Morgan fingerprint density at radius 1 is 1.00 bits per heavy atom. The van der Waals surface area contributed by atoms with Crippen molar-refractivity contribution >= 4 is 17.3 Å². The fraction of sp³-hybridized carbons (Fsp3) is 0.250. The van der Waals surface area contributed by atoms with Crippen LogP contribution < -0.4 is 15.5 Å². The first-order valence-electron chi connectivity index (χ1n) is 9.88. The molecule has 1 aliphatic heterocycles. The predicted molar refractivity (Wildman–Crippen MR) is 118 cm³/mol. The maximum absolute atomic E-state index is 14.5. The van der Waals surface area contributed by atoms with Gasteiger partial charge in [-0.25, -0.2) is 4.39 Å². The largest absolute Gasteiger partial charge is 0.369 e. The van der Waals surface area contributed by atoms with Crippen molar-refractivity contribution in [1.29, 1.82) is 0 Å². The second-order valence-electron chi connectivity index (χ2n) is 7.44. The topological polar surface area (TPSA) is 27.3 Å². The van der Waals surface area contributed by atoms with Crippen molar-refractivity contribution in [1.82, 2.24) is 10.6 Å². The van der Waals surface area contributed by atoms with E-state index in [2.05, 4.69) is 34.7 Å². The summed E-state index contributed by atoms with van der Waals surface area (Å²) in [7, 11) is 2.11. The lowest BCUT2D eigenvalue weighted by molar-refractivity contribution is 0.495. The summed E-state index contributed by atoms with van der Waals surface area (Å²) in [6, 6.07) is 23.2. The molecule has 0 radical (unpaired) electrons. The van der Waals surface area contributed by atoms with Crippen LogP contribution in [0.5, 0.6) is 0 Å². The molecule has 29 heavy (non-hydrogen) atoms. The first kappa shape index (κ1) is 19.9. The molecule has 2 atom stereocenters. The maximum Gasteiger partial charge on any atom is 0.128 e. The van der Waals surface area contributed by atoms with Crippen LogP contribution in [-0.4, -0.2) is 26.2 Å². The Morgan fingerprint density at radius 3 is 2.45 bits per heavy atom. The SMILES string of the molecule is CN1c2ccccc2C(c2ccccc2F)NCC1CNCc1ccc(Cl)cc1. The quantitative estimate of drug-likeness (QED) is 0.635. The number of likely N-dealkylation sites (N-methyl/N-ethyl adjacent to an activating group) is 1. The number of anilines is 1. The molecule has 0 aliphatic carbocycles. The van der Waals surface area contributed by atoms with Gasteiger partial charge in [-0.1, -0.05) is 60.1 Å². The van der Waals surface area contributed by atoms with E-state index in [1.54, 1.807) is 6.07 Å². The van der Waals surface area contributed by atoms with Crippen LogP contribution in [0.2, 0.25) is 5.02 Å². The van der Waals surface area contributed by atoms with Crippen LogP contribution in [0.1, 0.15) is 22.7 Å². The Bertz CT molecular complexity index is 960. The first-order valence-corrected chi connectivity index (χ1v) is 10.3. The van der Waals surface area contributed by atoms with Gasteiger partial charge in [-0.3, -0.25) is 0 Å². The third kappa shape index (κ3) is 4.45. The molecular formula is C24H25ClFN3. The lowest BCUT2D eigenvalue weighted by atomic mass is 9.97. The van der Waals surface area contributed by atoms with Crippen LogP contribution in [0, 0.1) is 5.82 Å². The van der Waals surface area contributed by atoms with Gasteiger partial charge in [0.2, 0.25) is 0 Å². The maximum atomic E-state index is 14.5. The summed E-state index contributed by atoms with van der Waals surface area (Å²) < 4.78 is 14.5. The summed E-state index contributed by atoms with van der Waals surface area (Å²) in [5, 5.41) is 7.89. The fourth-order valence-corrected chi connectivity index (χ4v) is 4.06. The molecule has 0 saturated heterocycles. The second-order valence-corrected chi connectivity index (χ2v) is 7.88. The van der Waals surface area contributed by atoms with Gasteiger partial charge >= 0.3 is 0 Å². The Morgan fingerprint density at radius 2 is 1.69 bits per heavy atom. The van der Waals surface area contributed by atoms with E-state index in [-0.39, 0.29) is 17.9 Å². The third-order valence-electron chi connectivity index (χ3n) is 5.57.